The second-order valence-electron chi connectivity index (χ2n) is 4.69. The Morgan fingerprint density at radius 3 is 2.83 bits per heavy atom. The number of carbonyl (C=O) groups excluding carboxylic acids is 1. The summed E-state index contributed by atoms with van der Waals surface area (Å²) in [5.74, 6) is 0.805. The van der Waals surface area contributed by atoms with Gasteiger partial charge in [-0.1, -0.05) is 17.8 Å². The predicted octanol–water partition coefficient (Wildman–Crippen LogP) is 2.73. The maximum atomic E-state index is 11.0. The molecule has 1 aliphatic rings. The molecule has 0 unspecified atom stereocenters. The van der Waals surface area contributed by atoms with Crippen molar-refractivity contribution in [3.8, 4) is 0 Å². The third-order valence-electron chi connectivity index (χ3n) is 3.46. The zero-order chi connectivity index (χ0) is 13.0. The van der Waals surface area contributed by atoms with E-state index in [1.165, 1.54) is 30.6 Å². The van der Waals surface area contributed by atoms with E-state index in [1.807, 2.05) is 0 Å². The van der Waals surface area contributed by atoms with E-state index in [4.69, 9.17) is 4.74 Å². The van der Waals surface area contributed by atoms with Gasteiger partial charge in [-0.3, -0.25) is 4.79 Å². The Morgan fingerprint density at radius 2 is 2.33 bits per heavy atom. The number of thiazole rings is 1. The average Bonchev–Trinajstić information content (AvgIpc) is 2.71. The molecular formula is C13H20N2O2S. The molecule has 5 heteroatoms. The number of hydrogen-bond donors (Lipinski definition) is 0. The van der Waals surface area contributed by atoms with Crippen LogP contribution in [0.3, 0.4) is 0 Å². The highest BCUT2D eigenvalue weighted by Gasteiger charge is 2.22. The first-order valence-corrected chi connectivity index (χ1v) is 7.28. The van der Waals surface area contributed by atoms with Gasteiger partial charge in [-0.2, -0.15) is 0 Å². The molecule has 1 aromatic rings. The topological polar surface area (TPSA) is 42.4 Å². The van der Waals surface area contributed by atoms with Crippen LogP contribution in [0.15, 0.2) is 0 Å². The standard InChI is InChI=1S/C13H20N2O2S/c1-3-15(7-10-5-4-6-10)13-14-11(9-17-2)12(8-16)18-13/h8,10H,3-7,9H2,1-2H3. The van der Waals surface area contributed by atoms with Gasteiger partial charge in [0.05, 0.1) is 17.2 Å². The quantitative estimate of drug-likeness (QED) is 0.713. The molecule has 0 aromatic carbocycles. The number of aldehydes is 1. The summed E-state index contributed by atoms with van der Waals surface area (Å²) >= 11 is 1.48. The molecule has 0 radical (unpaired) electrons. The molecule has 4 nitrogen and oxygen atoms in total. The lowest BCUT2D eigenvalue weighted by Crippen LogP contribution is -2.32. The number of anilines is 1. The van der Waals surface area contributed by atoms with Crippen molar-refractivity contribution in [1.29, 1.82) is 0 Å². The molecule has 0 spiro atoms. The van der Waals surface area contributed by atoms with Gasteiger partial charge in [-0.15, -0.1) is 0 Å². The van der Waals surface area contributed by atoms with E-state index in [0.29, 0.717) is 11.5 Å². The number of rotatable bonds is 7. The van der Waals surface area contributed by atoms with Crippen molar-refractivity contribution in [3.63, 3.8) is 0 Å². The van der Waals surface area contributed by atoms with Gasteiger partial charge < -0.3 is 9.64 Å². The first-order chi connectivity index (χ1) is 8.78. The van der Waals surface area contributed by atoms with Crippen LogP contribution in [0.25, 0.3) is 0 Å². The van der Waals surface area contributed by atoms with Crippen molar-refractivity contribution >= 4 is 22.8 Å². The van der Waals surface area contributed by atoms with Crippen LogP contribution < -0.4 is 4.90 Å². The van der Waals surface area contributed by atoms with Gasteiger partial charge in [-0.05, 0) is 25.7 Å². The van der Waals surface area contributed by atoms with Crippen LogP contribution in [-0.4, -0.2) is 31.5 Å². The summed E-state index contributed by atoms with van der Waals surface area (Å²) in [6.07, 6.45) is 4.89. The number of methoxy groups -OCH3 is 1. The van der Waals surface area contributed by atoms with Crippen LogP contribution in [0, 0.1) is 5.92 Å². The van der Waals surface area contributed by atoms with Crippen molar-refractivity contribution in [2.45, 2.75) is 32.8 Å². The second-order valence-corrected chi connectivity index (χ2v) is 5.70. The average molecular weight is 268 g/mol. The predicted molar refractivity (Wildman–Crippen MR) is 73.4 cm³/mol. The maximum absolute atomic E-state index is 11.0. The van der Waals surface area contributed by atoms with Gasteiger partial charge in [0.25, 0.3) is 0 Å². The highest BCUT2D eigenvalue weighted by molar-refractivity contribution is 7.17. The Bertz CT molecular complexity index is 402. The molecule has 0 saturated heterocycles. The van der Waals surface area contributed by atoms with Crippen molar-refractivity contribution in [3.05, 3.63) is 10.6 Å². The highest BCUT2D eigenvalue weighted by atomic mass is 32.1. The minimum Gasteiger partial charge on any atom is -0.378 e. The van der Waals surface area contributed by atoms with E-state index in [2.05, 4.69) is 16.8 Å². The maximum Gasteiger partial charge on any atom is 0.186 e. The zero-order valence-electron chi connectivity index (χ0n) is 11.0. The number of aromatic nitrogens is 1. The van der Waals surface area contributed by atoms with Crippen LogP contribution in [-0.2, 0) is 11.3 Å². The van der Waals surface area contributed by atoms with Crippen molar-refractivity contribution in [2.75, 3.05) is 25.1 Å². The van der Waals surface area contributed by atoms with Gasteiger partial charge in [0.1, 0.15) is 0 Å². The van der Waals surface area contributed by atoms with Crippen LogP contribution in [0.1, 0.15) is 41.6 Å². The summed E-state index contributed by atoms with van der Waals surface area (Å²) in [6, 6.07) is 0. The lowest BCUT2D eigenvalue weighted by Gasteiger charge is -2.31. The molecule has 0 amide bonds. The lowest BCUT2D eigenvalue weighted by molar-refractivity contribution is 0.112. The fraction of sp³-hybridized carbons (Fsp3) is 0.692. The summed E-state index contributed by atoms with van der Waals surface area (Å²) in [6.45, 7) is 4.55. The number of hydrogen-bond acceptors (Lipinski definition) is 5. The molecule has 1 heterocycles. The van der Waals surface area contributed by atoms with Gasteiger partial charge in [0.2, 0.25) is 0 Å². The largest absolute Gasteiger partial charge is 0.378 e. The Morgan fingerprint density at radius 1 is 1.56 bits per heavy atom. The molecule has 18 heavy (non-hydrogen) atoms. The van der Waals surface area contributed by atoms with Gasteiger partial charge in [0, 0.05) is 20.2 Å². The number of nitrogens with zero attached hydrogens (tertiary/aromatic N) is 2. The minimum absolute atomic E-state index is 0.408. The van der Waals surface area contributed by atoms with Crippen LogP contribution in [0.5, 0.6) is 0 Å². The first kappa shape index (κ1) is 13.5. The SMILES string of the molecule is CCN(CC1CCC1)c1nc(COC)c(C=O)s1. The lowest BCUT2D eigenvalue weighted by atomic mass is 9.85. The summed E-state index contributed by atoms with van der Waals surface area (Å²) < 4.78 is 5.08. The van der Waals surface area contributed by atoms with Crippen molar-refractivity contribution < 1.29 is 9.53 Å². The van der Waals surface area contributed by atoms with Crippen LogP contribution in [0.2, 0.25) is 0 Å². The summed E-state index contributed by atoms with van der Waals surface area (Å²) in [7, 11) is 1.62. The number of ether oxygens (including phenoxy) is 1. The van der Waals surface area contributed by atoms with Crippen molar-refractivity contribution in [2.24, 2.45) is 5.92 Å². The Hall–Kier alpha value is -0.940. The van der Waals surface area contributed by atoms with E-state index < -0.39 is 0 Å². The highest BCUT2D eigenvalue weighted by Crippen LogP contribution is 2.31. The molecule has 1 fully saturated rings. The molecule has 100 valence electrons. The molecule has 1 saturated carbocycles. The number of carbonyl (C=O) groups is 1. The molecule has 0 bridgehead atoms. The van der Waals surface area contributed by atoms with Crippen molar-refractivity contribution in [1.82, 2.24) is 4.98 Å². The summed E-state index contributed by atoms with van der Waals surface area (Å²) in [4.78, 5) is 18.5. The second kappa shape index (κ2) is 6.29. The van der Waals surface area contributed by atoms with Crippen LogP contribution in [0.4, 0.5) is 5.13 Å². The van der Waals surface area contributed by atoms with Gasteiger partial charge in [-0.25, -0.2) is 4.98 Å². The molecule has 0 N–H and O–H groups in total. The van der Waals surface area contributed by atoms with Gasteiger partial charge in [0.15, 0.2) is 11.4 Å². The van der Waals surface area contributed by atoms with Gasteiger partial charge >= 0.3 is 0 Å². The first-order valence-electron chi connectivity index (χ1n) is 6.47. The molecule has 0 aliphatic heterocycles. The Labute approximate surface area is 112 Å². The molecule has 2 rings (SSSR count). The fourth-order valence-electron chi connectivity index (χ4n) is 2.15. The molecule has 0 atom stereocenters. The monoisotopic (exact) mass is 268 g/mol. The third-order valence-corrected chi connectivity index (χ3v) is 4.54. The normalized spacial score (nSPS) is 15.4. The third kappa shape index (κ3) is 2.90. The van der Waals surface area contributed by atoms with E-state index >= 15 is 0 Å². The Balaban J connectivity index is 2.10. The molecule has 1 aromatic heterocycles. The van der Waals surface area contributed by atoms with E-state index in [0.717, 1.165) is 36.1 Å². The van der Waals surface area contributed by atoms with E-state index in [-0.39, 0.29) is 0 Å². The molecule has 1 aliphatic carbocycles. The fourth-order valence-corrected chi connectivity index (χ4v) is 3.10. The Kier molecular flexibility index (Phi) is 4.72. The smallest absolute Gasteiger partial charge is 0.186 e. The minimum atomic E-state index is 0.408. The summed E-state index contributed by atoms with van der Waals surface area (Å²) in [5, 5.41) is 0.957. The zero-order valence-corrected chi connectivity index (χ0v) is 11.8. The van der Waals surface area contributed by atoms with Crippen LogP contribution >= 0.6 is 11.3 Å². The summed E-state index contributed by atoms with van der Waals surface area (Å²) in [5.41, 5.74) is 0.763. The molecular weight excluding hydrogens is 248 g/mol. The van der Waals surface area contributed by atoms with E-state index in [9.17, 15) is 4.79 Å². The van der Waals surface area contributed by atoms with E-state index in [1.54, 1.807) is 7.11 Å².